The van der Waals surface area contributed by atoms with Crippen molar-refractivity contribution in [2.24, 2.45) is 0 Å². The summed E-state index contributed by atoms with van der Waals surface area (Å²) in [6.07, 6.45) is 1.56. The number of hydrogen-bond donors (Lipinski definition) is 2. The van der Waals surface area contributed by atoms with Crippen molar-refractivity contribution in [3.8, 4) is 0 Å². The number of nitrogens with one attached hydrogen (secondary N) is 1. The summed E-state index contributed by atoms with van der Waals surface area (Å²) < 4.78 is 6.11. The van der Waals surface area contributed by atoms with Crippen LogP contribution in [0.5, 0.6) is 0 Å². The van der Waals surface area contributed by atoms with E-state index in [1.807, 2.05) is 26.8 Å². The number of furan rings is 1. The molecule has 2 rings (SSSR count). The lowest BCUT2D eigenvalue weighted by Gasteiger charge is -2.15. The zero-order chi connectivity index (χ0) is 14.9. The van der Waals surface area contributed by atoms with Gasteiger partial charge in [0.05, 0.1) is 6.04 Å². The molecule has 2 N–H and O–H groups in total. The number of pyridine rings is 1. The first kappa shape index (κ1) is 14.6. The number of rotatable bonds is 4. The number of carboxylic acid groups (broad SMARTS) is 1. The second-order valence-corrected chi connectivity index (χ2v) is 5.51. The van der Waals surface area contributed by atoms with Gasteiger partial charge in [0.15, 0.2) is 0 Å². The van der Waals surface area contributed by atoms with Crippen LogP contribution in [0.25, 0.3) is 0 Å². The van der Waals surface area contributed by atoms with Crippen LogP contribution in [0.3, 0.4) is 0 Å². The normalized spacial score (nSPS) is 12.2. The van der Waals surface area contributed by atoms with Gasteiger partial charge in [-0.1, -0.05) is 0 Å². The Labute approximate surface area is 125 Å². The molecule has 2 aromatic heterocycles. The van der Waals surface area contributed by atoms with Crippen LogP contribution in [0.15, 0.2) is 27.2 Å². The third-order valence-corrected chi connectivity index (χ3v) is 3.42. The SMILES string of the molecule is Cc1cc(C(C)Nc2ncc(Br)cc2C(=O)O)c(C)o1. The Kier molecular flexibility index (Phi) is 4.13. The van der Waals surface area contributed by atoms with E-state index in [0.29, 0.717) is 10.3 Å². The summed E-state index contributed by atoms with van der Waals surface area (Å²) in [5.74, 6) is 0.963. The van der Waals surface area contributed by atoms with Gasteiger partial charge in [-0.15, -0.1) is 0 Å². The monoisotopic (exact) mass is 338 g/mol. The van der Waals surface area contributed by atoms with Gasteiger partial charge in [-0.2, -0.15) is 0 Å². The average molecular weight is 339 g/mol. The maximum atomic E-state index is 11.2. The highest BCUT2D eigenvalue weighted by Crippen LogP contribution is 2.26. The van der Waals surface area contributed by atoms with Gasteiger partial charge < -0.3 is 14.8 Å². The van der Waals surface area contributed by atoms with Gasteiger partial charge in [-0.05, 0) is 48.8 Å². The van der Waals surface area contributed by atoms with Crippen LogP contribution < -0.4 is 5.32 Å². The highest BCUT2D eigenvalue weighted by Gasteiger charge is 2.17. The van der Waals surface area contributed by atoms with E-state index in [4.69, 9.17) is 4.42 Å². The summed E-state index contributed by atoms with van der Waals surface area (Å²) in [6, 6.07) is 3.36. The zero-order valence-corrected chi connectivity index (χ0v) is 13.0. The minimum Gasteiger partial charge on any atom is -0.478 e. The number of nitrogens with zero attached hydrogens (tertiary/aromatic N) is 1. The second kappa shape index (κ2) is 5.66. The lowest BCUT2D eigenvalue weighted by molar-refractivity contribution is 0.0697. The number of aromatic carboxylic acids is 1. The first-order valence-corrected chi connectivity index (χ1v) is 6.90. The van der Waals surface area contributed by atoms with Crippen LogP contribution in [0.1, 0.15) is 40.4 Å². The van der Waals surface area contributed by atoms with E-state index in [2.05, 4.69) is 26.2 Å². The molecule has 0 spiro atoms. The molecule has 20 heavy (non-hydrogen) atoms. The van der Waals surface area contributed by atoms with E-state index in [0.717, 1.165) is 17.1 Å². The molecule has 2 heterocycles. The Balaban J connectivity index is 2.30. The van der Waals surface area contributed by atoms with E-state index in [1.54, 1.807) is 6.20 Å². The van der Waals surface area contributed by atoms with Crippen molar-refractivity contribution in [2.45, 2.75) is 26.8 Å². The maximum Gasteiger partial charge on any atom is 0.339 e. The molecule has 0 saturated heterocycles. The fourth-order valence-corrected chi connectivity index (χ4v) is 2.41. The van der Waals surface area contributed by atoms with Crippen molar-refractivity contribution >= 4 is 27.7 Å². The summed E-state index contributed by atoms with van der Waals surface area (Å²) >= 11 is 3.22. The van der Waals surface area contributed by atoms with Crippen LogP contribution in [-0.4, -0.2) is 16.1 Å². The first-order valence-electron chi connectivity index (χ1n) is 6.10. The van der Waals surface area contributed by atoms with E-state index >= 15 is 0 Å². The predicted octanol–water partition coefficient (Wildman–Crippen LogP) is 3.93. The van der Waals surface area contributed by atoms with Gasteiger partial charge in [0, 0.05) is 16.2 Å². The molecule has 0 aromatic carbocycles. The standard InChI is InChI=1S/C14H15BrN2O3/c1-7-4-11(9(3)20-7)8(2)17-13-12(14(18)19)5-10(15)6-16-13/h4-6,8H,1-3H3,(H,16,17)(H,18,19). The van der Waals surface area contributed by atoms with Gasteiger partial charge >= 0.3 is 5.97 Å². The minimum absolute atomic E-state index is 0.0979. The third-order valence-electron chi connectivity index (χ3n) is 2.98. The van der Waals surface area contributed by atoms with Crippen LogP contribution in [-0.2, 0) is 0 Å². The second-order valence-electron chi connectivity index (χ2n) is 4.59. The molecule has 0 aliphatic rings. The molecule has 106 valence electrons. The molecule has 1 unspecified atom stereocenters. The van der Waals surface area contributed by atoms with Crippen molar-refractivity contribution in [1.82, 2.24) is 4.98 Å². The molecule has 2 aromatic rings. The van der Waals surface area contributed by atoms with E-state index in [9.17, 15) is 9.90 Å². The van der Waals surface area contributed by atoms with Gasteiger partial charge in [0.25, 0.3) is 0 Å². The minimum atomic E-state index is -1.02. The Morgan fingerprint density at radius 1 is 1.45 bits per heavy atom. The Hall–Kier alpha value is -1.82. The lowest BCUT2D eigenvalue weighted by atomic mass is 10.1. The molecule has 0 saturated carbocycles. The molecule has 0 fully saturated rings. The molecule has 0 radical (unpaired) electrons. The lowest BCUT2D eigenvalue weighted by Crippen LogP contribution is -2.12. The smallest absolute Gasteiger partial charge is 0.339 e. The Morgan fingerprint density at radius 3 is 2.70 bits per heavy atom. The number of halogens is 1. The van der Waals surface area contributed by atoms with Gasteiger partial charge in [0.1, 0.15) is 22.9 Å². The summed E-state index contributed by atoms with van der Waals surface area (Å²) in [6.45, 7) is 5.70. The van der Waals surface area contributed by atoms with Gasteiger partial charge in [0.2, 0.25) is 0 Å². The molecule has 0 bridgehead atoms. The average Bonchev–Trinajstić information content (AvgIpc) is 2.70. The number of carboxylic acids is 1. The van der Waals surface area contributed by atoms with Crippen LogP contribution in [0.2, 0.25) is 0 Å². The van der Waals surface area contributed by atoms with Crippen molar-refractivity contribution < 1.29 is 14.3 Å². The molecule has 5 nitrogen and oxygen atoms in total. The largest absolute Gasteiger partial charge is 0.478 e. The molecular weight excluding hydrogens is 324 g/mol. The quantitative estimate of drug-likeness (QED) is 0.883. The number of aryl methyl sites for hydroxylation is 2. The summed E-state index contributed by atoms with van der Waals surface area (Å²) in [5.41, 5.74) is 1.12. The van der Waals surface area contributed by atoms with Crippen molar-refractivity contribution in [1.29, 1.82) is 0 Å². The van der Waals surface area contributed by atoms with Crippen molar-refractivity contribution in [3.63, 3.8) is 0 Å². The highest BCUT2D eigenvalue weighted by molar-refractivity contribution is 9.10. The number of carbonyl (C=O) groups is 1. The topological polar surface area (TPSA) is 75.4 Å². The van der Waals surface area contributed by atoms with Gasteiger partial charge in [-0.3, -0.25) is 0 Å². The van der Waals surface area contributed by atoms with E-state index in [-0.39, 0.29) is 11.6 Å². The zero-order valence-electron chi connectivity index (χ0n) is 11.4. The Morgan fingerprint density at radius 2 is 2.15 bits per heavy atom. The fourth-order valence-electron chi connectivity index (χ4n) is 2.08. The third kappa shape index (κ3) is 3.01. The van der Waals surface area contributed by atoms with Gasteiger partial charge in [-0.25, -0.2) is 9.78 Å². The summed E-state index contributed by atoms with van der Waals surface area (Å²) in [7, 11) is 0. The van der Waals surface area contributed by atoms with E-state index in [1.165, 1.54) is 6.07 Å². The van der Waals surface area contributed by atoms with Crippen LogP contribution in [0, 0.1) is 13.8 Å². The first-order chi connectivity index (χ1) is 9.38. The maximum absolute atomic E-state index is 11.2. The molecule has 0 aliphatic carbocycles. The molecular formula is C14H15BrN2O3. The van der Waals surface area contributed by atoms with E-state index < -0.39 is 5.97 Å². The van der Waals surface area contributed by atoms with Crippen LogP contribution in [0.4, 0.5) is 5.82 Å². The van der Waals surface area contributed by atoms with Crippen LogP contribution >= 0.6 is 15.9 Å². The highest BCUT2D eigenvalue weighted by atomic mass is 79.9. The summed E-state index contributed by atoms with van der Waals surface area (Å²) in [5, 5.41) is 12.3. The molecule has 0 aliphatic heterocycles. The molecule has 0 amide bonds. The number of hydrogen-bond acceptors (Lipinski definition) is 4. The Bertz CT molecular complexity index is 652. The number of aromatic nitrogens is 1. The van der Waals surface area contributed by atoms with Crippen molar-refractivity contribution in [2.75, 3.05) is 5.32 Å². The number of anilines is 1. The molecule has 1 atom stereocenters. The fraction of sp³-hybridized carbons (Fsp3) is 0.286. The molecule has 6 heteroatoms. The summed E-state index contributed by atoms with van der Waals surface area (Å²) in [4.78, 5) is 15.4. The van der Waals surface area contributed by atoms with Crippen molar-refractivity contribution in [3.05, 3.63) is 45.4 Å². The predicted molar refractivity (Wildman–Crippen MR) is 79.1 cm³/mol.